The SMILES string of the molecule is C=CCn1c(=O)c2ccccc2n2c(SCC(=O)NCC(=O)N(CC)Cc3ccccc3)nnc12. The van der Waals surface area contributed by atoms with E-state index in [1.54, 1.807) is 27.5 Å². The Morgan fingerprint density at radius 1 is 1.11 bits per heavy atom. The molecule has 180 valence electrons. The van der Waals surface area contributed by atoms with Crippen LogP contribution in [0.5, 0.6) is 0 Å². The smallest absolute Gasteiger partial charge is 0.263 e. The second-order valence-corrected chi connectivity index (χ2v) is 8.74. The average molecular weight is 491 g/mol. The Kier molecular flexibility index (Phi) is 7.61. The molecule has 0 unspecified atom stereocenters. The maximum absolute atomic E-state index is 12.9. The van der Waals surface area contributed by atoms with E-state index >= 15 is 0 Å². The molecule has 0 aliphatic rings. The van der Waals surface area contributed by atoms with Crippen molar-refractivity contribution in [3.63, 3.8) is 0 Å². The number of carbonyl (C=O) groups excluding carboxylic acids is 2. The number of carbonyl (C=O) groups is 2. The van der Waals surface area contributed by atoms with Gasteiger partial charge in [-0.05, 0) is 24.6 Å². The lowest BCUT2D eigenvalue weighted by Crippen LogP contribution is -2.40. The summed E-state index contributed by atoms with van der Waals surface area (Å²) < 4.78 is 3.26. The molecule has 2 aromatic carbocycles. The molecule has 0 fully saturated rings. The van der Waals surface area contributed by atoms with E-state index in [1.165, 1.54) is 16.3 Å². The second kappa shape index (κ2) is 11.0. The first-order valence-corrected chi connectivity index (χ1v) is 12.2. The van der Waals surface area contributed by atoms with E-state index in [1.807, 2.05) is 49.4 Å². The number of hydrogen-bond acceptors (Lipinski definition) is 6. The monoisotopic (exact) mass is 490 g/mol. The van der Waals surface area contributed by atoms with Crippen molar-refractivity contribution in [2.45, 2.75) is 25.2 Å². The van der Waals surface area contributed by atoms with Crippen LogP contribution in [0, 0.1) is 0 Å². The Balaban J connectivity index is 1.44. The van der Waals surface area contributed by atoms with Crippen molar-refractivity contribution in [1.82, 2.24) is 29.4 Å². The van der Waals surface area contributed by atoms with Gasteiger partial charge >= 0.3 is 0 Å². The summed E-state index contributed by atoms with van der Waals surface area (Å²) in [6, 6.07) is 16.9. The van der Waals surface area contributed by atoms with Gasteiger partial charge in [-0.3, -0.25) is 23.4 Å². The lowest BCUT2D eigenvalue weighted by Gasteiger charge is -2.21. The summed E-state index contributed by atoms with van der Waals surface area (Å²) >= 11 is 1.19. The third kappa shape index (κ3) is 5.27. The number of rotatable bonds is 10. The highest BCUT2D eigenvalue weighted by Gasteiger charge is 2.18. The van der Waals surface area contributed by atoms with Crippen LogP contribution in [-0.4, -0.2) is 54.7 Å². The largest absolute Gasteiger partial charge is 0.346 e. The summed E-state index contributed by atoms with van der Waals surface area (Å²) in [5.74, 6) is -0.0128. The van der Waals surface area contributed by atoms with Gasteiger partial charge in [-0.2, -0.15) is 0 Å². The van der Waals surface area contributed by atoms with Crippen LogP contribution in [0.25, 0.3) is 16.7 Å². The fourth-order valence-corrected chi connectivity index (χ4v) is 4.54. The predicted molar refractivity (Wildman–Crippen MR) is 136 cm³/mol. The van der Waals surface area contributed by atoms with Crippen molar-refractivity contribution in [3.05, 3.63) is 83.2 Å². The second-order valence-electron chi connectivity index (χ2n) is 7.80. The maximum Gasteiger partial charge on any atom is 0.263 e. The Morgan fingerprint density at radius 3 is 2.60 bits per heavy atom. The van der Waals surface area contributed by atoms with Gasteiger partial charge < -0.3 is 10.2 Å². The molecule has 4 rings (SSSR count). The van der Waals surface area contributed by atoms with Gasteiger partial charge in [0.15, 0.2) is 5.16 Å². The molecule has 2 amide bonds. The minimum absolute atomic E-state index is 0.0494. The van der Waals surface area contributed by atoms with E-state index < -0.39 is 0 Å². The minimum Gasteiger partial charge on any atom is -0.346 e. The van der Waals surface area contributed by atoms with E-state index in [-0.39, 0.29) is 36.2 Å². The fourth-order valence-electron chi connectivity index (χ4n) is 3.77. The van der Waals surface area contributed by atoms with Crippen LogP contribution in [0.4, 0.5) is 0 Å². The first-order chi connectivity index (χ1) is 17.0. The molecular formula is C25H26N6O3S. The Bertz CT molecular complexity index is 1430. The highest BCUT2D eigenvalue weighted by Crippen LogP contribution is 2.21. The number of hydrogen-bond donors (Lipinski definition) is 1. The molecule has 0 atom stereocenters. The van der Waals surface area contributed by atoms with Crippen LogP contribution in [0.15, 0.2) is 77.2 Å². The number of nitrogens with zero attached hydrogens (tertiary/aromatic N) is 5. The number of nitrogens with one attached hydrogen (secondary N) is 1. The zero-order valence-corrected chi connectivity index (χ0v) is 20.2. The van der Waals surface area contributed by atoms with Crippen LogP contribution in [0.2, 0.25) is 0 Å². The molecule has 4 aromatic rings. The minimum atomic E-state index is -0.292. The van der Waals surface area contributed by atoms with Gasteiger partial charge in [0.05, 0.1) is 23.2 Å². The van der Waals surface area contributed by atoms with Crippen LogP contribution in [0.1, 0.15) is 12.5 Å². The van der Waals surface area contributed by atoms with E-state index in [0.717, 1.165) is 5.56 Å². The number of para-hydroxylation sites is 1. The van der Waals surface area contributed by atoms with E-state index in [4.69, 9.17) is 0 Å². The number of thioether (sulfide) groups is 1. The molecule has 1 N–H and O–H groups in total. The van der Waals surface area contributed by atoms with Gasteiger partial charge in [-0.15, -0.1) is 16.8 Å². The third-order valence-corrected chi connectivity index (χ3v) is 6.44. The maximum atomic E-state index is 12.9. The number of fused-ring (bicyclic) bond motifs is 3. The van der Waals surface area contributed by atoms with Crippen molar-refractivity contribution in [3.8, 4) is 0 Å². The molecule has 0 aliphatic heterocycles. The summed E-state index contributed by atoms with van der Waals surface area (Å²) in [5, 5.41) is 12.1. The Morgan fingerprint density at radius 2 is 1.86 bits per heavy atom. The van der Waals surface area contributed by atoms with Gasteiger partial charge in [0.1, 0.15) is 0 Å². The molecular weight excluding hydrogens is 464 g/mol. The molecule has 2 heterocycles. The first kappa shape index (κ1) is 24.2. The molecule has 9 nitrogen and oxygen atoms in total. The van der Waals surface area contributed by atoms with Crippen molar-refractivity contribution in [2.24, 2.45) is 0 Å². The van der Waals surface area contributed by atoms with Gasteiger partial charge in [0, 0.05) is 19.6 Å². The van der Waals surface area contributed by atoms with E-state index in [2.05, 4.69) is 22.1 Å². The Hall–Kier alpha value is -3.92. The van der Waals surface area contributed by atoms with Gasteiger partial charge in [-0.1, -0.05) is 60.3 Å². The van der Waals surface area contributed by atoms with Gasteiger partial charge in [0.2, 0.25) is 17.6 Å². The quantitative estimate of drug-likeness (QED) is 0.271. The summed E-state index contributed by atoms with van der Waals surface area (Å²) in [5.41, 5.74) is 1.52. The van der Waals surface area contributed by atoms with E-state index in [0.29, 0.717) is 34.9 Å². The fraction of sp³-hybridized carbons (Fsp3) is 0.240. The van der Waals surface area contributed by atoms with Crippen molar-refractivity contribution in [2.75, 3.05) is 18.8 Å². The van der Waals surface area contributed by atoms with Gasteiger partial charge in [-0.25, -0.2) is 0 Å². The number of amides is 2. The lowest BCUT2D eigenvalue weighted by atomic mass is 10.2. The normalized spacial score (nSPS) is 11.0. The molecule has 0 spiro atoms. The van der Waals surface area contributed by atoms with Crippen molar-refractivity contribution >= 4 is 40.3 Å². The van der Waals surface area contributed by atoms with Crippen LogP contribution in [-0.2, 0) is 22.7 Å². The van der Waals surface area contributed by atoms with E-state index in [9.17, 15) is 14.4 Å². The molecule has 0 aliphatic carbocycles. The van der Waals surface area contributed by atoms with Crippen LogP contribution >= 0.6 is 11.8 Å². The zero-order valence-electron chi connectivity index (χ0n) is 19.4. The molecule has 0 bridgehead atoms. The summed E-state index contributed by atoms with van der Waals surface area (Å²) in [7, 11) is 0. The predicted octanol–water partition coefficient (Wildman–Crippen LogP) is 2.49. The average Bonchev–Trinajstić information content (AvgIpc) is 3.31. The summed E-state index contributed by atoms with van der Waals surface area (Å²) in [6.45, 7) is 6.87. The van der Waals surface area contributed by atoms with Crippen LogP contribution in [0.3, 0.4) is 0 Å². The Labute approximate surface area is 206 Å². The number of aromatic nitrogens is 4. The zero-order chi connectivity index (χ0) is 24.8. The topological polar surface area (TPSA) is 102 Å². The summed E-state index contributed by atoms with van der Waals surface area (Å²) in [4.78, 5) is 39.7. The standard InChI is InChI=1S/C25H26N6O3S/c1-3-14-30-23(34)19-12-8-9-13-20(19)31-24(30)27-28-25(31)35-17-21(32)26-15-22(33)29(4-2)16-18-10-6-5-7-11-18/h3,5-13H,1,4,14-17H2,2H3,(H,26,32). The molecule has 0 saturated heterocycles. The highest BCUT2D eigenvalue weighted by molar-refractivity contribution is 7.99. The molecule has 0 radical (unpaired) electrons. The van der Waals surface area contributed by atoms with Crippen molar-refractivity contribution in [1.29, 1.82) is 0 Å². The van der Waals surface area contributed by atoms with Crippen LogP contribution < -0.4 is 10.9 Å². The highest BCUT2D eigenvalue weighted by atomic mass is 32.2. The third-order valence-electron chi connectivity index (χ3n) is 5.51. The molecule has 10 heteroatoms. The van der Waals surface area contributed by atoms with Crippen molar-refractivity contribution < 1.29 is 9.59 Å². The number of likely N-dealkylation sites (N-methyl/N-ethyl adjacent to an activating group) is 1. The molecule has 0 saturated carbocycles. The van der Waals surface area contributed by atoms with Gasteiger partial charge in [0.25, 0.3) is 5.56 Å². The first-order valence-electron chi connectivity index (χ1n) is 11.2. The number of allylic oxidation sites excluding steroid dienone is 1. The summed E-state index contributed by atoms with van der Waals surface area (Å²) in [6.07, 6.45) is 1.62. The molecule has 35 heavy (non-hydrogen) atoms. The molecule has 2 aromatic heterocycles. The number of benzene rings is 2. The lowest BCUT2D eigenvalue weighted by molar-refractivity contribution is -0.132.